The Bertz CT molecular complexity index is 1580. The molecule has 0 saturated carbocycles. The molecule has 2 aromatic heterocycles. The molecule has 0 N–H and O–H groups in total. The topological polar surface area (TPSA) is 12.9 Å². The Balaban J connectivity index is 1.79. The van der Waals surface area contributed by atoms with Crippen molar-refractivity contribution < 1.29 is 0 Å². The number of pyridine rings is 1. The van der Waals surface area contributed by atoms with Gasteiger partial charge in [0.25, 0.3) is 0 Å². The van der Waals surface area contributed by atoms with Crippen molar-refractivity contribution in [2.24, 2.45) is 17.8 Å². The molecule has 1 nitrogen and oxygen atoms in total. The Morgan fingerprint density at radius 3 is 1.92 bits per heavy atom. The first kappa shape index (κ1) is 28.1. The van der Waals surface area contributed by atoms with Gasteiger partial charge < -0.3 is 0 Å². The lowest BCUT2D eigenvalue weighted by Gasteiger charge is -2.37. The molecule has 0 aliphatic rings. The average Bonchev–Trinajstić information content (AvgIpc) is 3.25. The summed E-state index contributed by atoms with van der Waals surface area (Å²) in [6.07, 6.45) is 2.03. The fourth-order valence-electron chi connectivity index (χ4n) is 7.23. The van der Waals surface area contributed by atoms with Crippen LogP contribution in [-0.2, 0) is 0 Å². The van der Waals surface area contributed by atoms with Gasteiger partial charge in [0.15, 0.2) is 0 Å². The van der Waals surface area contributed by atoms with Crippen LogP contribution in [0.5, 0.6) is 0 Å². The van der Waals surface area contributed by atoms with E-state index in [2.05, 4.69) is 116 Å². The molecule has 0 amide bonds. The summed E-state index contributed by atoms with van der Waals surface area (Å²) in [5, 5.41) is 7.15. The van der Waals surface area contributed by atoms with Crippen LogP contribution in [0.3, 0.4) is 0 Å². The zero-order valence-corrected chi connectivity index (χ0v) is 27.0. The van der Waals surface area contributed by atoms with Gasteiger partial charge in [0.05, 0.1) is 18.5 Å². The normalized spacial score (nSPS) is 12.8. The predicted molar refractivity (Wildman–Crippen MR) is 178 cm³/mol. The number of rotatable bonds is 9. The van der Waals surface area contributed by atoms with Crippen LogP contribution in [0.4, 0.5) is 0 Å². The monoisotopic (exact) mass is 551 g/mol. The first-order valence-electron chi connectivity index (χ1n) is 14.9. The fourth-order valence-corrected chi connectivity index (χ4v) is 16.2. The van der Waals surface area contributed by atoms with E-state index in [0.717, 1.165) is 5.69 Å². The number of thiophene rings is 1. The maximum Gasteiger partial charge on any atom is 0.0893 e. The summed E-state index contributed by atoms with van der Waals surface area (Å²) in [6, 6.07) is 27.1. The van der Waals surface area contributed by atoms with E-state index in [4.69, 9.17) is 4.98 Å². The molecule has 0 unspecified atom stereocenters. The van der Waals surface area contributed by atoms with Crippen molar-refractivity contribution in [1.82, 2.24) is 4.98 Å². The molecule has 0 atom stereocenters. The van der Waals surface area contributed by atoms with Crippen molar-refractivity contribution in [3.8, 4) is 11.3 Å². The minimum absolute atomic E-state index is 0.456. The Morgan fingerprint density at radius 1 is 0.667 bits per heavy atom. The van der Waals surface area contributed by atoms with Crippen LogP contribution in [0.2, 0.25) is 18.1 Å². The lowest BCUT2D eigenvalue weighted by atomic mass is 9.92. The molecular weight excluding hydrogens is 507 g/mol. The minimum Gasteiger partial charge on any atom is -0.255 e. The van der Waals surface area contributed by atoms with Gasteiger partial charge in [-0.25, -0.2) is 0 Å². The van der Waals surface area contributed by atoms with Crippen LogP contribution >= 0.6 is 11.3 Å². The Morgan fingerprint density at radius 2 is 1.28 bits per heavy atom. The summed E-state index contributed by atoms with van der Waals surface area (Å²) >= 11 is 2.01. The highest BCUT2D eigenvalue weighted by molar-refractivity contribution is 7.28. The van der Waals surface area contributed by atoms with Crippen molar-refractivity contribution >= 4 is 55.5 Å². The van der Waals surface area contributed by atoms with Gasteiger partial charge in [-0.3, -0.25) is 4.98 Å². The van der Waals surface area contributed by atoms with E-state index >= 15 is 0 Å². The van der Waals surface area contributed by atoms with Gasteiger partial charge in [-0.1, -0.05) is 116 Å². The molecule has 5 rings (SSSR count). The zero-order valence-electron chi connectivity index (χ0n) is 25.1. The molecular formula is C36H45NSSi. The molecule has 0 radical (unpaired) electrons. The third-order valence-corrected chi connectivity index (χ3v) is 16.0. The maximum absolute atomic E-state index is 5.04. The molecule has 0 saturated heterocycles. The van der Waals surface area contributed by atoms with Gasteiger partial charge in [-0.15, -0.1) is 11.3 Å². The number of aromatic nitrogens is 1. The number of benzene rings is 3. The van der Waals surface area contributed by atoms with E-state index in [0.29, 0.717) is 23.7 Å². The second-order valence-corrected chi connectivity index (χ2v) is 18.7. The summed E-state index contributed by atoms with van der Waals surface area (Å²) in [5.74, 6) is 2.59. The lowest BCUT2D eigenvalue weighted by molar-refractivity contribution is 0.650. The van der Waals surface area contributed by atoms with E-state index in [-0.39, 0.29) is 0 Å². The number of hydrogen-bond acceptors (Lipinski definition) is 2. The molecule has 0 aliphatic heterocycles. The van der Waals surface area contributed by atoms with Crippen LogP contribution in [-0.4, -0.2) is 13.1 Å². The van der Waals surface area contributed by atoms with E-state index in [1.807, 2.05) is 17.5 Å². The molecule has 39 heavy (non-hydrogen) atoms. The first-order valence-corrected chi connectivity index (χ1v) is 18.4. The summed E-state index contributed by atoms with van der Waals surface area (Å²) in [5.41, 5.74) is 3.78. The van der Waals surface area contributed by atoms with E-state index < -0.39 is 8.07 Å². The highest BCUT2D eigenvalue weighted by atomic mass is 32.1. The number of nitrogens with zero attached hydrogens (tertiary/aromatic N) is 1. The van der Waals surface area contributed by atoms with Gasteiger partial charge in [-0.05, 0) is 63.4 Å². The van der Waals surface area contributed by atoms with E-state index in [1.165, 1.54) is 60.2 Å². The number of fused-ring (bicyclic) bond motifs is 4. The van der Waals surface area contributed by atoms with Crippen LogP contribution in [0.25, 0.3) is 42.2 Å². The molecule has 0 bridgehead atoms. The first-order chi connectivity index (χ1) is 18.6. The summed E-state index contributed by atoms with van der Waals surface area (Å²) in [6.45, 7) is 19.2. The van der Waals surface area contributed by atoms with Crippen molar-refractivity contribution in [3.63, 3.8) is 0 Å². The molecule has 2 heterocycles. The SMILES string of the molecule is CC(C)C[Si](CC(C)C)(CC(C)C)c1cccc2c1sc1c(-c3cc(C(C)C)c4ccccc4c3)nccc12. The number of hydrogen-bond donors (Lipinski definition) is 0. The highest BCUT2D eigenvalue weighted by Crippen LogP contribution is 2.42. The summed E-state index contributed by atoms with van der Waals surface area (Å²) in [4.78, 5) is 5.04. The van der Waals surface area contributed by atoms with Gasteiger partial charge in [0, 0.05) is 27.2 Å². The molecule has 3 aromatic carbocycles. The Labute approximate surface area is 240 Å². The van der Waals surface area contributed by atoms with Gasteiger partial charge in [0.1, 0.15) is 0 Å². The van der Waals surface area contributed by atoms with Crippen LogP contribution in [0, 0.1) is 17.8 Å². The molecule has 204 valence electrons. The molecule has 0 aliphatic carbocycles. The van der Waals surface area contributed by atoms with Gasteiger partial charge >= 0.3 is 0 Å². The van der Waals surface area contributed by atoms with Gasteiger partial charge in [0.2, 0.25) is 0 Å². The molecule has 0 spiro atoms. The maximum atomic E-state index is 5.04. The molecule has 5 aromatic rings. The summed E-state index contributed by atoms with van der Waals surface area (Å²) in [7, 11) is -1.75. The fraction of sp³-hybridized carbons (Fsp3) is 0.417. The quantitative estimate of drug-likeness (QED) is 0.166. The van der Waals surface area contributed by atoms with E-state index in [9.17, 15) is 0 Å². The Hall–Kier alpha value is -2.49. The molecule has 0 fully saturated rings. The van der Waals surface area contributed by atoms with Crippen molar-refractivity contribution in [2.75, 3.05) is 0 Å². The second kappa shape index (κ2) is 11.2. The van der Waals surface area contributed by atoms with Crippen molar-refractivity contribution in [1.29, 1.82) is 0 Å². The zero-order chi connectivity index (χ0) is 27.9. The Kier molecular flexibility index (Phi) is 8.04. The second-order valence-electron chi connectivity index (χ2n) is 13.3. The minimum atomic E-state index is -1.75. The largest absolute Gasteiger partial charge is 0.255 e. The van der Waals surface area contributed by atoms with Gasteiger partial charge in [-0.2, -0.15) is 0 Å². The summed E-state index contributed by atoms with van der Waals surface area (Å²) < 4.78 is 2.87. The standard InChI is InChI=1S/C36H45NSSi/c1-23(2)20-39(21-24(3)4,22-25(5)6)33-15-11-14-30-31-16-17-37-34(36(31)38-35(30)33)28-18-27-12-9-10-13-29(27)32(19-28)26(7)8/h9-19,23-26H,20-22H2,1-8H3. The third-order valence-electron chi connectivity index (χ3n) is 8.17. The average molecular weight is 552 g/mol. The van der Waals surface area contributed by atoms with Crippen LogP contribution < -0.4 is 5.19 Å². The van der Waals surface area contributed by atoms with Crippen LogP contribution in [0.1, 0.15) is 66.9 Å². The van der Waals surface area contributed by atoms with Crippen molar-refractivity contribution in [2.45, 2.75) is 79.4 Å². The highest BCUT2D eigenvalue weighted by Gasteiger charge is 2.38. The van der Waals surface area contributed by atoms with Crippen LogP contribution in [0.15, 0.2) is 66.9 Å². The predicted octanol–water partition coefficient (Wildman–Crippen LogP) is 11.0. The third kappa shape index (κ3) is 5.45. The smallest absolute Gasteiger partial charge is 0.0893 e. The molecule has 3 heteroatoms. The van der Waals surface area contributed by atoms with E-state index in [1.54, 1.807) is 5.19 Å². The van der Waals surface area contributed by atoms with Crippen molar-refractivity contribution in [3.05, 3.63) is 72.4 Å². The lowest BCUT2D eigenvalue weighted by Crippen LogP contribution is -2.50.